The van der Waals surface area contributed by atoms with Crippen LogP contribution in [-0.2, 0) is 4.79 Å². The Kier molecular flexibility index (Phi) is 4.46. The zero-order valence-corrected chi connectivity index (χ0v) is 13.7. The van der Waals surface area contributed by atoms with Gasteiger partial charge in [0.15, 0.2) is 0 Å². The molecule has 24 heavy (non-hydrogen) atoms. The minimum Gasteiger partial charge on any atom is -0.480 e. The Morgan fingerprint density at radius 1 is 1.21 bits per heavy atom. The fourth-order valence-electron chi connectivity index (χ4n) is 3.36. The zero-order chi connectivity index (χ0) is 17.2. The molecule has 0 bridgehead atoms. The number of aromatic nitrogens is 2. The largest absolute Gasteiger partial charge is 0.480 e. The molecule has 1 aliphatic rings. The Labute approximate surface area is 140 Å². The van der Waals surface area contributed by atoms with E-state index in [1.807, 2.05) is 0 Å². The van der Waals surface area contributed by atoms with Gasteiger partial charge in [-0.3, -0.25) is 14.8 Å². The number of aliphatic carboxylic acids is 1. The minimum absolute atomic E-state index is 0.375. The standard InChI is InChI=1S/C18H21N3O3/c1-2-12-5-7-18(8-6-12,17(23)24)21-16(22)13-3-4-14-15(11-13)20-10-9-19-14/h3-4,9-12H,2,5-8H2,1H3,(H,21,22)(H,23,24). The lowest BCUT2D eigenvalue weighted by Gasteiger charge is -2.37. The van der Waals surface area contributed by atoms with E-state index in [-0.39, 0.29) is 5.91 Å². The van der Waals surface area contributed by atoms with Crippen molar-refractivity contribution in [3.05, 3.63) is 36.2 Å². The molecule has 0 aliphatic heterocycles. The number of nitrogens with zero attached hydrogens (tertiary/aromatic N) is 2. The van der Waals surface area contributed by atoms with Gasteiger partial charge in [-0.1, -0.05) is 13.3 Å². The molecule has 6 nitrogen and oxygen atoms in total. The number of carbonyl (C=O) groups excluding carboxylic acids is 1. The van der Waals surface area contributed by atoms with E-state index < -0.39 is 11.5 Å². The maximum atomic E-state index is 12.6. The van der Waals surface area contributed by atoms with Gasteiger partial charge < -0.3 is 10.4 Å². The lowest BCUT2D eigenvalue weighted by Crippen LogP contribution is -2.56. The molecule has 6 heteroatoms. The normalized spacial score (nSPS) is 23.8. The predicted octanol–water partition coefficient (Wildman–Crippen LogP) is 2.78. The van der Waals surface area contributed by atoms with Crippen LogP contribution in [-0.4, -0.2) is 32.5 Å². The molecule has 3 rings (SSSR count). The number of rotatable bonds is 4. The van der Waals surface area contributed by atoms with Crippen LogP contribution < -0.4 is 5.32 Å². The van der Waals surface area contributed by atoms with Crippen molar-refractivity contribution >= 4 is 22.9 Å². The summed E-state index contributed by atoms with van der Waals surface area (Å²) in [5.41, 5.74) is 0.552. The number of fused-ring (bicyclic) bond motifs is 1. The van der Waals surface area contributed by atoms with Crippen molar-refractivity contribution in [1.29, 1.82) is 0 Å². The molecule has 0 radical (unpaired) electrons. The molecule has 1 heterocycles. The number of hydrogen-bond donors (Lipinski definition) is 2. The number of nitrogens with one attached hydrogen (secondary N) is 1. The monoisotopic (exact) mass is 327 g/mol. The number of benzene rings is 1. The topological polar surface area (TPSA) is 92.2 Å². The molecular formula is C18H21N3O3. The van der Waals surface area contributed by atoms with Gasteiger partial charge in [-0.2, -0.15) is 0 Å². The van der Waals surface area contributed by atoms with E-state index >= 15 is 0 Å². The van der Waals surface area contributed by atoms with Crippen molar-refractivity contribution in [2.24, 2.45) is 5.92 Å². The van der Waals surface area contributed by atoms with E-state index in [0.717, 1.165) is 19.3 Å². The smallest absolute Gasteiger partial charge is 0.329 e. The first-order valence-electron chi connectivity index (χ1n) is 8.31. The highest BCUT2D eigenvalue weighted by molar-refractivity contribution is 6.00. The van der Waals surface area contributed by atoms with E-state index in [1.165, 1.54) is 0 Å². The Balaban J connectivity index is 1.81. The molecule has 1 saturated carbocycles. The number of carboxylic acid groups (broad SMARTS) is 1. The fourth-order valence-corrected chi connectivity index (χ4v) is 3.36. The van der Waals surface area contributed by atoms with Crippen molar-refractivity contribution < 1.29 is 14.7 Å². The highest BCUT2D eigenvalue weighted by Gasteiger charge is 2.43. The number of carboxylic acids is 1. The van der Waals surface area contributed by atoms with Crippen LogP contribution in [0.2, 0.25) is 0 Å². The maximum absolute atomic E-state index is 12.6. The van der Waals surface area contributed by atoms with E-state index in [2.05, 4.69) is 22.2 Å². The Morgan fingerprint density at radius 2 is 1.88 bits per heavy atom. The maximum Gasteiger partial charge on any atom is 0.329 e. The summed E-state index contributed by atoms with van der Waals surface area (Å²) in [4.78, 5) is 32.8. The quantitative estimate of drug-likeness (QED) is 0.901. The van der Waals surface area contributed by atoms with Crippen molar-refractivity contribution in [1.82, 2.24) is 15.3 Å². The summed E-state index contributed by atoms with van der Waals surface area (Å²) in [5, 5.41) is 12.4. The van der Waals surface area contributed by atoms with Gasteiger partial charge in [0, 0.05) is 18.0 Å². The molecule has 0 saturated heterocycles. The van der Waals surface area contributed by atoms with Gasteiger partial charge in [-0.05, 0) is 49.8 Å². The van der Waals surface area contributed by atoms with Crippen LogP contribution in [0.3, 0.4) is 0 Å². The second-order valence-corrected chi connectivity index (χ2v) is 6.45. The summed E-state index contributed by atoms with van der Waals surface area (Å²) in [6.07, 6.45) is 6.80. The van der Waals surface area contributed by atoms with Crippen molar-refractivity contribution in [3.63, 3.8) is 0 Å². The van der Waals surface area contributed by atoms with Gasteiger partial charge in [-0.25, -0.2) is 4.79 Å². The number of carbonyl (C=O) groups is 2. The SMILES string of the molecule is CCC1CCC(NC(=O)c2ccc3nccnc3c2)(C(=O)O)CC1. The molecular weight excluding hydrogens is 306 g/mol. The van der Waals surface area contributed by atoms with Gasteiger partial charge in [0.1, 0.15) is 5.54 Å². The van der Waals surface area contributed by atoms with Crippen molar-refractivity contribution in [2.45, 2.75) is 44.6 Å². The van der Waals surface area contributed by atoms with Gasteiger partial charge in [0.25, 0.3) is 5.91 Å². The molecule has 0 atom stereocenters. The first-order chi connectivity index (χ1) is 11.5. The Morgan fingerprint density at radius 3 is 2.50 bits per heavy atom. The molecule has 0 unspecified atom stereocenters. The second kappa shape index (κ2) is 6.55. The van der Waals surface area contributed by atoms with Gasteiger partial charge in [0.05, 0.1) is 11.0 Å². The molecule has 2 aromatic rings. The average Bonchev–Trinajstić information content (AvgIpc) is 2.61. The Bertz CT molecular complexity index is 767. The molecule has 126 valence electrons. The lowest BCUT2D eigenvalue weighted by molar-refractivity contribution is -0.146. The third-order valence-corrected chi connectivity index (χ3v) is 5.03. The van der Waals surface area contributed by atoms with E-state index in [9.17, 15) is 14.7 Å². The third kappa shape index (κ3) is 3.09. The highest BCUT2D eigenvalue weighted by Crippen LogP contribution is 2.34. The van der Waals surface area contributed by atoms with Crippen LogP contribution in [0.25, 0.3) is 11.0 Å². The van der Waals surface area contributed by atoms with Gasteiger partial charge in [0.2, 0.25) is 0 Å². The number of amides is 1. The first-order valence-corrected chi connectivity index (χ1v) is 8.31. The predicted molar refractivity (Wildman–Crippen MR) is 89.6 cm³/mol. The molecule has 0 spiro atoms. The summed E-state index contributed by atoms with van der Waals surface area (Å²) in [6, 6.07) is 5.02. The third-order valence-electron chi connectivity index (χ3n) is 5.03. The molecule has 1 amide bonds. The van der Waals surface area contributed by atoms with Crippen LogP contribution in [0.15, 0.2) is 30.6 Å². The van der Waals surface area contributed by atoms with Gasteiger partial charge in [-0.15, -0.1) is 0 Å². The van der Waals surface area contributed by atoms with E-state index in [1.54, 1.807) is 30.6 Å². The summed E-state index contributed by atoms with van der Waals surface area (Å²) in [5.74, 6) is -0.781. The zero-order valence-electron chi connectivity index (χ0n) is 13.7. The second-order valence-electron chi connectivity index (χ2n) is 6.45. The van der Waals surface area contributed by atoms with E-state index in [0.29, 0.717) is 35.4 Å². The molecule has 1 fully saturated rings. The molecule has 1 aliphatic carbocycles. The van der Waals surface area contributed by atoms with Crippen LogP contribution >= 0.6 is 0 Å². The highest BCUT2D eigenvalue weighted by atomic mass is 16.4. The summed E-state index contributed by atoms with van der Waals surface area (Å²) < 4.78 is 0. The van der Waals surface area contributed by atoms with Crippen LogP contribution in [0.5, 0.6) is 0 Å². The first kappa shape index (κ1) is 16.4. The fraction of sp³-hybridized carbons (Fsp3) is 0.444. The summed E-state index contributed by atoms with van der Waals surface area (Å²) >= 11 is 0. The molecule has 2 N–H and O–H groups in total. The van der Waals surface area contributed by atoms with Crippen molar-refractivity contribution in [2.75, 3.05) is 0 Å². The van der Waals surface area contributed by atoms with Gasteiger partial charge >= 0.3 is 5.97 Å². The Hall–Kier alpha value is -2.50. The van der Waals surface area contributed by atoms with Crippen molar-refractivity contribution in [3.8, 4) is 0 Å². The van der Waals surface area contributed by atoms with Crippen LogP contribution in [0.4, 0.5) is 0 Å². The van der Waals surface area contributed by atoms with E-state index in [4.69, 9.17) is 0 Å². The molecule has 1 aromatic heterocycles. The number of hydrogen-bond acceptors (Lipinski definition) is 4. The average molecular weight is 327 g/mol. The van der Waals surface area contributed by atoms with Crippen LogP contribution in [0, 0.1) is 5.92 Å². The minimum atomic E-state index is -1.17. The summed E-state index contributed by atoms with van der Waals surface area (Å²) in [6.45, 7) is 2.12. The summed E-state index contributed by atoms with van der Waals surface area (Å²) in [7, 11) is 0. The lowest BCUT2D eigenvalue weighted by atomic mass is 9.75. The molecule has 1 aromatic carbocycles. The van der Waals surface area contributed by atoms with Crippen LogP contribution in [0.1, 0.15) is 49.4 Å².